The van der Waals surface area contributed by atoms with E-state index in [1.807, 2.05) is 0 Å². The number of rotatable bonds is 1. The van der Waals surface area contributed by atoms with Gasteiger partial charge in [-0.2, -0.15) is 0 Å². The predicted octanol–water partition coefficient (Wildman–Crippen LogP) is 0.467. The van der Waals surface area contributed by atoms with Crippen molar-refractivity contribution >= 4 is 6.98 Å². The molecule has 0 spiro atoms. The fourth-order valence-corrected chi connectivity index (χ4v) is 1.38. The van der Waals surface area contributed by atoms with Crippen LogP contribution in [0.3, 0.4) is 0 Å². The quantitative estimate of drug-likeness (QED) is 0.486. The lowest BCUT2D eigenvalue weighted by atomic mass is 9.74. The Morgan fingerprint density at radius 1 is 1.20 bits per heavy atom. The van der Waals surface area contributed by atoms with Crippen LogP contribution in [0.1, 0.15) is 6.92 Å². The number of allylic oxidation sites excluding steroid dienone is 1. The molecule has 0 saturated carbocycles. The van der Waals surface area contributed by atoms with Crippen molar-refractivity contribution in [3.05, 3.63) is 12.1 Å². The molecule has 0 aromatic rings. The van der Waals surface area contributed by atoms with E-state index in [1.165, 1.54) is 13.1 Å². The molecule has 0 aromatic heterocycles. The highest BCUT2D eigenvalue weighted by atomic mass is 15.3. The second kappa shape index (κ2) is 3.22. The lowest BCUT2D eigenvalue weighted by Gasteiger charge is -2.15. The molecular formula is C7H15BN2. The van der Waals surface area contributed by atoms with Crippen molar-refractivity contribution in [3.63, 3.8) is 0 Å². The molecule has 0 unspecified atom stereocenters. The molecule has 10 heavy (non-hydrogen) atoms. The molecule has 1 aliphatic heterocycles. The van der Waals surface area contributed by atoms with E-state index in [0.717, 1.165) is 0 Å². The molecule has 3 heteroatoms. The fraction of sp³-hybridized carbons (Fsp3) is 0.714. The third-order valence-corrected chi connectivity index (χ3v) is 2.07. The van der Waals surface area contributed by atoms with Crippen LogP contribution in [0.15, 0.2) is 12.1 Å². The molecule has 0 bridgehead atoms. The van der Waals surface area contributed by atoms with E-state index >= 15 is 0 Å². The van der Waals surface area contributed by atoms with Crippen LogP contribution in [-0.2, 0) is 0 Å². The van der Waals surface area contributed by atoms with Crippen molar-refractivity contribution < 1.29 is 0 Å². The standard InChI is InChI=1S/C7H15BN2/c1-4-5-8-9(2)6-7-10(8)3/h4-5H,6-7H2,1-3H3/b5-4-. The predicted molar refractivity (Wildman–Crippen MR) is 45.8 cm³/mol. The van der Waals surface area contributed by atoms with Gasteiger partial charge in [-0.25, -0.2) is 0 Å². The summed E-state index contributed by atoms with van der Waals surface area (Å²) in [4.78, 5) is 4.69. The van der Waals surface area contributed by atoms with Crippen LogP contribution in [0, 0.1) is 0 Å². The summed E-state index contributed by atoms with van der Waals surface area (Å²) in [5.74, 6) is 2.23. The van der Waals surface area contributed by atoms with Crippen LogP contribution in [0.4, 0.5) is 0 Å². The molecule has 56 valence electrons. The molecule has 1 rings (SSSR count). The zero-order valence-electron chi connectivity index (χ0n) is 7.04. The van der Waals surface area contributed by atoms with E-state index in [4.69, 9.17) is 0 Å². The maximum Gasteiger partial charge on any atom is 0.337 e. The summed E-state index contributed by atoms with van der Waals surface area (Å²) in [5.41, 5.74) is 0. The van der Waals surface area contributed by atoms with Crippen LogP contribution < -0.4 is 0 Å². The SMILES string of the molecule is C/C=C\B1N(C)CCN1C. The molecule has 0 aromatic carbocycles. The largest absolute Gasteiger partial charge is 0.337 e. The van der Waals surface area contributed by atoms with Gasteiger partial charge in [0.1, 0.15) is 0 Å². The van der Waals surface area contributed by atoms with Crippen LogP contribution in [-0.4, -0.2) is 43.8 Å². The third-order valence-electron chi connectivity index (χ3n) is 2.07. The van der Waals surface area contributed by atoms with Crippen molar-refractivity contribution in [1.29, 1.82) is 0 Å². The molecule has 0 N–H and O–H groups in total. The average Bonchev–Trinajstić information content (AvgIpc) is 2.20. The minimum atomic E-state index is 0.532. The van der Waals surface area contributed by atoms with Crippen molar-refractivity contribution in [2.45, 2.75) is 6.92 Å². The normalized spacial score (nSPS) is 23.3. The third kappa shape index (κ3) is 1.41. The maximum absolute atomic E-state index is 2.35. The Bertz CT molecular complexity index is 126. The first kappa shape index (κ1) is 7.83. The van der Waals surface area contributed by atoms with Crippen molar-refractivity contribution in [1.82, 2.24) is 9.62 Å². The Morgan fingerprint density at radius 3 is 2.10 bits per heavy atom. The smallest absolute Gasteiger partial charge is 0.326 e. The molecule has 1 fully saturated rings. The summed E-state index contributed by atoms with van der Waals surface area (Å²) in [7, 11) is 4.32. The van der Waals surface area contributed by atoms with E-state index in [9.17, 15) is 0 Å². The summed E-state index contributed by atoms with van der Waals surface area (Å²) in [6.45, 7) is 4.97. The van der Waals surface area contributed by atoms with Gasteiger partial charge in [0.2, 0.25) is 0 Å². The Morgan fingerprint density at radius 2 is 1.70 bits per heavy atom. The molecule has 0 aliphatic carbocycles. The lowest BCUT2D eigenvalue weighted by Crippen LogP contribution is -2.38. The minimum Gasteiger partial charge on any atom is -0.326 e. The lowest BCUT2D eigenvalue weighted by molar-refractivity contribution is 0.553. The zero-order chi connectivity index (χ0) is 7.56. The first-order valence-electron chi connectivity index (χ1n) is 3.79. The van der Waals surface area contributed by atoms with Crippen molar-refractivity contribution in [2.75, 3.05) is 27.2 Å². The van der Waals surface area contributed by atoms with Crippen LogP contribution >= 0.6 is 0 Å². The highest BCUT2D eigenvalue weighted by Crippen LogP contribution is 2.05. The van der Waals surface area contributed by atoms with Gasteiger partial charge in [0, 0.05) is 13.1 Å². The van der Waals surface area contributed by atoms with Gasteiger partial charge in [-0.15, -0.1) is 0 Å². The summed E-state index contributed by atoms with van der Waals surface area (Å²) in [6.07, 6.45) is 2.11. The van der Waals surface area contributed by atoms with Gasteiger partial charge in [0.15, 0.2) is 0 Å². The van der Waals surface area contributed by atoms with Gasteiger partial charge in [0.25, 0.3) is 0 Å². The molecule has 1 saturated heterocycles. The Kier molecular flexibility index (Phi) is 2.52. The van der Waals surface area contributed by atoms with Gasteiger partial charge < -0.3 is 9.62 Å². The molecular weight excluding hydrogens is 123 g/mol. The van der Waals surface area contributed by atoms with Crippen LogP contribution in [0.2, 0.25) is 0 Å². The molecule has 2 nitrogen and oxygen atoms in total. The van der Waals surface area contributed by atoms with E-state index in [0.29, 0.717) is 6.98 Å². The molecule has 0 amide bonds. The topological polar surface area (TPSA) is 6.48 Å². The van der Waals surface area contributed by atoms with Gasteiger partial charge in [-0.1, -0.05) is 12.1 Å². The Labute approximate surface area is 63.6 Å². The molecule has 1 heterocycles. The number of hydrogen-bond donors (Lipinski definition) is 0. The molecule has 0 atom stereocenters. The summed E-state index contributed by atoms with van der Waals surface area (Å²) in [5, 5.41) is 0. The summed E-state index contributed by atoms with van der Waals surface area (Å²) in [6, 6.07) is 0. The van der Waals surface area contributed by atoms with Crippen LogP contribution in [0.25, 0.3) is 0 Å². The number of likely N-dealkylation sites (N-methyl/N-ethyl adjacent to an activating group) is 2. The molecule has 1 aliphatic rings. The van der Waals surface area contributed by atoms with E-state index in [2.05, 4.69) is 42.7 Å². The second-order valence-electron chi connectivity index (χ2n) is 2.90. The first-order valence-corrected chi connectivity index (χ1v) is 3.79. The highest BCUT2D eigenvalue weighted by Gasteiger charge is 2.27. The van der Waals surface area contributed by atoms with E-state index < -0.39 is 0 Å². The number of nitrogens with zero attached hydrogens (tertiary/aromatic N) is 2. The van der Waals surface area contributed by atoms with E-state index in [1.54, 1.807) is 0 Å². The Hall–Kier alpha value is -0.275. The van der Waals surface area contributed by atoms with E-state index in [-0.39, 0.29) is 0 Å². The summed E-state index contributed by atoms with van der Waals surface area (Å²) < 4.78 is 0. The molecule has 0 radical (unpaired) electrons. The summed E-state index contributed by atoms with van der Waals surface area (Å²) >= 11 is 0. The average molecular weight is 138 g/mol. The second-order valence-corrected chi connectivity index (χ2v) is 2.90. The monoisotopic (exact) mass is 138 g/mol. The van der Waals surface area contributed by atoms with Gasteiger partial charge >= 0.3 is 6.98 Å². The first-order chi connectivity index (χ1) is 4.75. The van der Waals surface area contributed by atoms with Gasteiger partial charge in [0.05, 0.1) is 0 Å². The van der Waals surface area contributed by atoms with Crippen molar-refractivity contribution in [3.8, 4) is 0 Å². The van der Waals surface area contributed by atoms with Crippen LogP contribution in [0.5, 0.6) is 0 Å². The zero-order valence-corrected chi connectivity index (χ0v) is 7.04. The van der Waals surface area contributed by atoms with Gasteiger partial charge in [-0.05, 0) is 21.0 Å². The number of hydrogen-bond acceptors (Lipinski definition) is 2. The van der Waals surface area contributed by atoms with Crippen molar-refractivity contribution in [2.24, 2.45) is 0 Å². The fourth-order valence-electron chi connectivity index (χ4n) is 1.38. The maximum atomic E-state index is 2.35. The highest BCUT2D eigenvalue weighted by molar-refractivity contribution is 6.59. The Balaban J connectivity index is 2.54. The minimum absolute atomic E-state index is 0.532. The van der Waals surface area contributed by atoms with Gasteiger partial charge in [-0.3, -0.25) is 0 Å².